The normalized spacial score (nSPS) is 11.7. The van der Waals surface area contributed by atoms with Crippen molar-refractivity contribution in [2.45, 2.75) is 26.4 Å². The number of fused-ring (bicyclic) bond motifs is 1. The number of benzene rings is 2. The first kappa shape index (κ1) is 20.1. The van der Waals surface area contributed by atoms with Crippen molar-refractivity contribution in [2.24, 2.45) is 0 Å². The van der Waals surface area contributed by atoms with Crippen molar-refractivity contribution in [1.29, 1.82) is 0 Å². The number of ether oxygens (including phenoxy) is 1. The fourth-order valence-electron chi connectivity index (χ4n) is 2.99. The highest BCUT2D eigenvalue weighted by atomic mass is 16.5. The number of carbonyl (C=O) groups is 3. The molecule has 1 heterocycles. The maximum Gasteiger partial charge on any atom is 0.321 e. The Kier molecular flexibility index (Phi) is 5.97. The fourth-order valence-corrected chi connectivity index (χ4v) is 2.99. The molecule has 7 nitrogen and oxygen atoms in total. The van der Waals surface area contributed by atoms with Crippen LogP contribution in [0.15, 0.2) is 53.1 Å². The van der Waals surface area contributed by atoms with Crippen LogP contribution in [0, 0.1) is 13.8 Å². The number of imide groups is 1. The molecule has 2 aromatic carbocycles. The number of furan rings is 1. The Morgan fingerprint density at radius 2 is 1.79 bits per heavy atom. The number of urea groups is 1. The number of aryl methyl sites for hydroxylation is 2. The third kappa shape index (κ3) is 4.45. The second kappa shape index (κ2) is 8.60. The molecule has 0 saturated carbocycles. The van der Waals surface area contributed by atoms with Gasteiger partial charge in [-0.3, -0.25) is 14.9 Å². The smallest absolute Gasteiger partial charge is 0.321 e. The highest BCUT2D eigenvalue weighted by molar-refractivity contribution is 5.98. The third-order valence-corrected chi connectivity index (χ3v) is 4.73. The van der Waals surface area contributed by atoms with Gasteiger partial charge in [0.1, 0.15) is 5.58 Å². The van der Waals surface area contributed by atoms with Crippen molar-refractivity contribution in [3.05, 3.63) is 71.0 Å². The zero-order chi connectivity index (χ0) is 21.0. The summed E-state index contributed by atoms with van der Waals surface area (Å²) in [6.45, 7) is 3.94. The predicted molar refractivity (Wildman–Crippen MR) is 107 cm³/mol. The summed E-state index contributed by atoms with van der Waals surface area (Å²) in [5.74, 6) is -1.33. The van der Waals surface area contributed by atoms with E-state index < -0.39 is 24.0 Å². The Hall–Kier alpha value is -3.61. The van der Waals surface area contributed by atoms with Crippen molar-refractivity contribution in [3.8, 4) is 0 Å². The zero-order valence-electron chi connectivity index (χ0n) is 16.4. The molecule has 3 rings (SSSR count). The minimum absolute atomic E-state index is 0.0634. The van der Waals surface area contributed by atoms with E-state index in [-0.39, 0.29) is 6.42 Å². The van der Waals surface area contributed by atoms with Crippen molar-refractivity contribution in [2.75, 3.05) is 7.05 Å². The lowest BCUT2D eigenvalue weighted by Crippen LogP contribution is -2.41. The van der Waals surface area contributed by atoms with Gasteiger partial charge < -0.3 is 14.5 Å². The lowest BCUT2D eigenvalue weighted by molar-refractivity contribution is -0.155. The first-order chi connectivity index (χ1) is 13.9. The molecule has 0 aliphatic carbocycles. The van der Waals surface area contributed by atoms with Crippen LogP contribution >= 0.6 is 0 Å². The quantitative estimate of drug-likeness (QED) is 0.647. The summed E-state index contributed by atoms with van der Waals surface area (Å²) in [6, 6.07) is 11.7. The zero-order valence-corrected chi connectivity index (χ0v) is 16.4. The Bertz CT molecular complexity index is 1060. The molecular weight excluding hydrogens is 372 g/mol. The number of hydrogen-bond acceptors (Lipinski definition) is 5. The van der Waals surface area contributed by atoms with E-state index in [2.05, 4.69) is 10.6 Å². The van der Waals surface area contributed by atoms with E-state index in [1.807, 2.05) is 26.0 Å². The van der Waals surface area contributed by atoms with Crippen LogP contribution in [0.3, 0.4) is 0 Å². The van der Waals surface area contributed by atoms with Gasteiger partial charge in [0.2, 0.25) is 6.10 Å². The molecule has 0 aliphatic rings. The molecule has 0 radical (unpaired) electrons. The monoisotopic (exact) mass is 394 g/mol. The van der Waals surface area contributed by atoms with Crippen LogP contribution in [0.5, 0.6) is 0 Å². The summed E-state index contributed by atoms with van der Waals surface area (Å²) >= 11 is 0. The summed E-state index contributed by atoms with van der Waals surface area (Å²) < 4.78 is 11.1. The minimum Gasteiger partial charge on any atom is -0.464 e. The van der Waals surface area contributed by atoms with Crippen LogP contribution in [0.2, 0.25) is 0 Å². The van der Waals surface area contributed by atoms with Crippen molar-refractivity contribution < 1.29 is 23.5 Å². The molecule has 3 aromatic rings. The van der Waals surface area contributed by atoms with E-state index in [1.165, 1.54) is 13.3 Å². The Morgan fingerprint density at radius 1 is 1.07 bits per heavy atom. The SMILES string of the molecule is CNC(=O)NC(=O)[C@@H](OC(=O)Cc1coc2c(C)c(C)ccc12)c1ccccc1. The van der Waals surface area contributed by atoms with Crippen LogP contribution in [0.4, 0.5) is 4.79 Å². The predicted octanol–water partition coefficient (Wildman–Crippen LogP) is 3.33. The van der Waals surface area contributed by atoms with Gasteiger partial charge in [0.05, 0.1) is 12.7 Å². The molecule has 1 atom stereocenters. The second-order valence-corrected chi connectivity index (χ2v) is 6.67. The number of esters is 1. The summed E-state index contributed by atoms with van der Waals surface area (Å²) in [5, 5.41) is 5.28. The molecule has 1 aromatic heterocycles. The van der Waals surface area contributed by atoms with Crippen molar-refractivity contribution in [3.63, 3.8) is 0 Å². The number of hydrogen-bond donors (Lipinski definition) is 2. The van der Waals surface area contributed by atoms with Crippen LogP contribution in [-0.2, 0) is 20.7 Å². The molecule has 150 valence electrons. The molecular formula is C22H22N2O5. The summed E-state index contributed by atoms with van der Waals surface area (Å²) in [7, 11) is 1.39. The Labute approximate surface area is 168 Å². The van der Waals surface area contributed by atoms with Crippen molar-refractivity contribution >= 4 is 28.9 Å². The first-order valence-electron chi connectivity index (χ1n) is 9.14. The van der Waals surface area contributed by atoms with E-state index in [0.717, 1.165) is 22.1 Å². The molecule has 0 saturated heterocycles. The number of rotatable bonds is 5. The largest absolute Gasteiger partial charge is 0.464 e. The van der Waals surface area contributed by atoms with E-state index in [4.69, 9.17) is 9.15 Å². The summed E-state index contributed by atoms with van der Waals surface area (Å²) in [4.78, 5) is 36.6. The molecule has 29 heavy (non-hydrogen) atoms. The maximum absolute atomic E-state index is 12.6. The van der Waals surface area contributed by atoms with Gasteiger partial charge in [-0.2, -0.15) is 0 Å². The highest BCUT2D eigenvalue weighted by Crippen LogP contribution is 2.27. The summed E-state index contributed by atoms with van der Waals surface area (Å²) in [6.07, 6.45) is 0.218. The van der Waals surface area contributed by atoms with E-state index in [0.29, 0.717) is 11.1 Å². The van der Waals surface area contributed by atoms with Crippen molar-refractivity contribution in [1.82, 2.24) is 10.6 Å². The molecule has 7 heteroatoms. The highest BCUT2D eigenvalue weighted by Gasteiger charge is 2.27. The van der Waals surface area contributed by atoms with Gasteiger partial charge in [0.15, 0.2) is 0 Å². The minimum atomic E-state index is -1.25. The lowest BCUT2D eigenvalue weighted by Gasteiger charge is -2.17. The maximum atomic E-state index is 12.6. The standard InChI is InChI=1S/C22H22N2O5/c1-13-9-10-17-16(12-28-19(17)14(13)2)11-18(25)29-20(15-7-5-4-6-8-15)21(26)24-22(27)23-3/h4-10,12,20H,11H2,1-3H3,(H2,23,24,26,27)/t20-/m0/s1. The second-order valence-electron chi connectivity index (χ2n) is 6.67. The van der Waals surface area contributed by atoms with Gasteiger partial charge in [-0.25, -0.2) is 4.79 Å². The van der Waals surface area contributed by atoms with Gasteiger partial charge in [-0.1, -0.05) is 42.5 Å². The molecule has 0 fully saturated rings. The van der Waals surface area contributed by atoms with E-state index in [1.54, 1.807) is 30.3 Å². The first-order valence-corrected chi connectivity index (χ1v) is 9.14. The number of nitrogens with one attached hydrogen (secondary N) is 2. The third-order valence-electron chi connectivity index (χ3n) is 4.73. The topological polar surface area (TPSA) is 97.6 Å². The van der Waals surface area contributed by atoms with Crippen LogP contribution in [0.1, 0.15) is 28.4 Å². The average molecular weight is 394 g/mol. The van der Waals surface area contributed by atoms with Crippen LogP contribution in [0.25, 0.3) is 11.0 Å². The summed E-state index contributed by atoms with van der Waals surface area (Å²) in [5.41, 5.74) is 3.97. The van der Waals surface area contributed by atoms with E-state index >= 15 is 0 Å². The van der Waals surface area contributed by atoms with Crippen LogP contribution in [-0.4, -0.2) is 25.0 Å². The molecule has 3 amide bonds. The molecule has 0 bridgehead atoms. The van der Waals surface area contributed by atoms with Gasteiger partial charge in [0.25, 0.3) is 5.91 Å². The van der Waals surface area contributed by atoms with Gasteiger partial charge in [0, 0.05) is 23.6 Å². The Balaban J connectivity index is 1.81. The Morgan fingerprint density at radius 3 is 2.48 bits per heavy atom. The van der Waals surface area contributed by atoms with E-state index in [9.17, 15) is 14.4 Å². The molecule has 0 aliphatic heterocycles. The van der Waals surface area contributed by atoms with Gasteiger partial charge in [-0.05, 0) is 25.0 Å². The fraction of sp³-hybridized carbons (Fsp3) is 0.227. The number of carbonyl (C=O) groups excluding carboxylic acids is 3. The molecule has 2 N–H and O–H groups in total. The lowest BCUT2D eigenvalue weighted by atomic mass is 10.0. The number of amides is 3. The average Bonchev–Trinajstić information content (AvgIpc) is 3.12. The van der Waals surface area contributed by atoms with Crippen LogP contribution < -0.4 is 10.6 Å². The molecule has 0 unspecified atom stereocenters. The molecule has 0 spiro atoms. The van der Waals surface area contributed by atoms with Gasteiger partial charge in [-0.15, -0.1) is 0 Å². The van der Waals surface area contributed by atoms with Gasteiger partial charge >= 0.3 is 12.0 Å².